The molecule has 22 heavy (non-hydrogen) atoms. The molecule has 6 heteroatoms. The van der Waals surface area contributed by atoms with Crippen molar-refractivity contribution in [1.82, 2.24) is 4.98 Å². The Hall–Kier alpha value is -2.29. The van der Waals surface area contributed by atoms with Crippen LogP contribution in [0.2, 0.25) is 0 Å². The maximum Gasteiger partial charge on any atom is 0.391 e. The van der Waals surface area contributed by atoms with Gasteiger partial charge in [0.2, 0.25) is 0 Å². The highest BCUT2D eigenvalue weighted by Crippen LogP contribution is 2.36. The highest BCUT2D eigenvalue weighted by atomic mass is 19.4. The molecule has 1 aromatic heterocycles. The number of halogens is 3. The zero-order valence-electron chi connectivity index (χ0n) is 11.8. The molecule has 1 aliphatic rings. The van der Waals surface area contributed by atoms with Crippen molar-refractivity contribution in [2.24, 2.45) is 5.92 Å². The Morgan fingerprint density at radius 1 is 1.18 bits per heavy atom. The van der Waals surface area contributed by atoms with Crippen LogP contribution in [0.25, 0.3) is 10.9 Å². The predicted molar refractivity (Wildman–Crippen MR) is 77.5 cm³/mol. The number of hydrogen-bond donors (Lipinski definition) is 0. The molecule has 0 atom stereocenters. The quantitative estimate of drug-likeness (QED) is 0.802. The van der Waals surface area contributed by atoms with Crippen molar-refractivity contribution in [2.45, 2.75) is 19.0 Å². The first-order valence-corrected chi connectivity index (χ1v) is 7.10. The van der Waals surface area contributed by atoms with Crippen molar-refractivity contribution < 1.29 is 13.2 Å². The van der Waals surface area contributed by atoms with Gasteiger partial charge in [-0.1, -0.05) is 18.2 Å². The molecule has 0 bridgehead atoms. The number of aromatic nitrogens is 1. The lowest BCUT2D eigenvalue weighted by molar-refractivity contribution is -0.179. The number of rotatable bonds is 1. The summed E-state index contributed by atoms with van der Waals surface area (Å²) >= 11 is 0. The molecule has 0 N–H and O–H groups in total. The van der Waals surface area contributed by atoms with Gasteiger partial charge < -0.3 is 4.90 Å². The molecule has 1 aliphatic heterocycles. The largest absolute Gasteiger partial charge is 0.391 e. The van der Waals surface area contributed by atoms with Crippen LogP contribution in [0.5, 0.6) is 0 Å². The van der Waals surface area contributed by atoms with Crippen LogP contribution >= 0.6 is 0 Å². The number of benzene rings is 1. The summed E-state index contributed by atoms with van der Waals surface area (Å²) in [4.78, 5) is 6.26. The lowest BCUT2D eigenvalue weighted by atomic mass is 9.96. The Balaban J connectivity index is 1.89. The predicted octanol–water partition coefficient (Wildman–Crippen LogP) is 3.89. The Morgan fingerprint density at radius 2 is 1.86 bits per heavy atom. The van der Waals surface area contributed by atoms with Crippen LogP contribution in [0.3, 0.4) is 0 Å². The Morgan fingerprint density at radius 3 is 2.50 bits per heavy atom. The van der Waals surface area contributed by atoms with E-state index in [1.54, 1.807) is 11.0 Å². The summed E-state index contributed by atoms with van der Waals surface area (Å²) < 4.78 is 38.2. The van der Waals surface area contributed by atoms with Crippen molar-refractivity contribution in [3.8, 4) is 6.07 Å². The van der Waals surface area contributed by atoms with E-state index >= 15 is 0 Å². The summed E-state index contributed by atoms with van der Waals surface area (Å²) in [6.45, 7) is 0.536. The van der Waals surface area contributed by atoms with E-state index in [4.69, 9.17) is 0 Å². The lowest BCUT2D eigenvalue weighted by Gasteiger charge is -2.34. The number of nitrogens with zero attached hydrogens (tertiary/aromatic N) is 3. The van der Waals surface area contributed by atoms with Crippen LogP contribution in [0, 0.1) is 17.2 Å². The van der Waals surface area contributed by atoms with Crippen molar-refractivity contribution in [3.63, 3.8) is 0 Å². The fraction of sp³-hybridized carbons (Fsp3) is 0.375. The summed E-state index contributed by atoms with van der Waals surface area (Å²) in [6.07, 6.45) is -4.05. The topological polar surface area (TPSA) is 39.9 Å². The molecule has 0 aliphatic carbocycles. The second kappa shape index (κ2) is 5.48. The first-order chi connectivity index (χ1) is 10.5. The second-order valence-corrected chi connectivity index (χ2v) is 5.47. The van der Waals surface area contributed by atoms with Crippen LogP contribution in [0.4, 0.5) is 19.0 Å². The zero-order valence-corrected chi connectivity index (χ0v) is 11.8. The summed E-state index contributed by atoms with van der Waals surface area (Å²) in [5, 5.41) is 10.1. The van der Waals surface area contributed by atoms with Gasteiger partial charge in [-0.3, -0.25) is 0 Å². The molecule has 0 unspecified atom stereocenters. The number of piperidine rings is 1. The minimum atomic E-state index is -4.14. The van der Waals surface area contributed by atoms with Crippen LogP contribution in [-0.2, 0) is 0 Å². The Labute approximate surface area is 126 Å². The molecule has 2 aromatic rings. The average Bonchev–Trinajstić information content (AvgIpc) is 2.53. The Kier molecular flexibility index (Phi) is 3.65. The van der Waals surface area contributed by atoms with Gasteiger partial charge in [0.15, 0.2) is 0 Å². The highest BCUT2D eigenvalue weighted by molar-refractivity contribution is 5.83. The van der Waals surface area contributed by atoms with E-state index in [9.17, 15) is 18.4 Å². The van der Waals surface area contributed by atoms with Gasteiger partial charge in [0.05, 0.1) is 17.0 Å². The molecule has 0 radical (unpaired) electrons. The van der Waals surface area contributed by atoms with E-state index < -0.39 is 12.1 Å². The molecular formula is C16H14F3N3. The lowest BCUT2D eigenvalue weighted by Crippen LogP contribution is -2.39. The summed E-state index contributed by atoms with van der Waals surface area (Å²) in [5.41, 5.74) is 1.15. The molecule has 114 valence electrons. The first-order valence-electron chi connectivity index (χ1n) is 7.10. The number of pyridine rings is 1. The average molecular weight is 305 g/mol. The van der Waals surface area contributed by atoms with Gasteiger partial charge >= 0.3 is 6.18 Å². The minimum absolute atomic E-state index is 0.0445. The van der Waals surface area contributed by atoms with E-state index in [-0.39, 0.29) is 25.9 Å². The van der Waals surface area contributed by atoms with Gasteiger partial charge in [-0.25, -0.2) is 4.98 Å². The second-order valence-electron chi connectivity index (χ2n) is 5.47. The van der Waals surface area contributed by atoms with Gasteiger partial charge in [-0.15, -0.1) is 0 Å². The monoisotopic (exact) mass is 305 g/mol. The molecule has 1 aromatic carbocycles. The van der Waals surface area contributed by atoms with E-state index in [2.05, 4.69) is 11.1 Å². The molecule has 1 fully saturated rings. The van der Waals surface area contributed by atoms with Gasteiger partial charge in [-0.2, -0.15) is 18.4 Å². The Bertz CT molecular complexity index is 725. The molecule has 0 saturated carbocycles. The number of hydrogen-bond acceptors (Lipinski definition) is 3. The summed E-state index contributed by atoms with van der Waals surface area (Å²) in [6, 6.07) is 11.3. The van der Waals surface area contributed by atoms with Crippen LogP contribution in [0.1, 0.15) is 18.4 Å². The summed E-state index contributed by atoms with van der Waals surface area (Å²) in [5.74, 6) is -0.767. The third kappa shape index (κ3) is 2.71. The van der Waals surface area contributed by atoms with Gasteiger partial charge in [0.1, 0.15) is 11.9 Å². The van der Waals surface area contributed by atoms with Crippen LogP contribution < -0.4 is 4.90 Å². The van der Waals surface area contributed by atoms with Gasteiger partial charge in [-0.05, 0) is 25.0 Å². The SMILES string of the molecule is N#Cc1cc2ccccc2nc1N1CCC(C(F)(F)F)CC1. The molecule has 2 heterocycles. The minimum Gasteiger partial charge on any atom is -0.355 e. The van der Waals surface area contributed by atoms with Crippen LogP contribution in [-0.4, -0.2) is 24.2 Å². The third-order valence-electron chi connectivity index (χ3n) is 4.08. The standard InChI is InChI=1S/C16H14F3N3/c17-16(18,19)13-5-7-22(8-6-13)15-12(10-20)9-11-3-1-2-4-14(11)21-15/h1-4,9,13H,5-8H2. The van der Waals surface area contributed by atoms with E-state index in [0.29, 0.717) is 11.4 Å². The number of para-hydroxylation sites is 1. The molecule has 3 rings (SSSR count). The smallest absolute Gasteiger partial charge is 0.355 e. The van der Waals surface area contributed by atoms with Crippen LogP contribution in [0.15, 0.2) is 30.3 Å². The van der Waals surface area contributed by atoms with Gasteiger partial charge in [0.25, 0.3) is 0 Å². The number of fused-ring (bicyclic) bond motifs is 1. The zero-order chi connectivity index (χ0) is 15.7. The maximum absolute atomic E-state index is 12.7. The van der Waals surface area contributed by atoms with Gasteiger partial charge in [0, 0.05) is 18.5 Å². The number of anilines is 1. The molecule has 0 amide bonds. The van der Waals surface area contributed by atoms with Crippen molar-refractivity contribution in [1.29, 1.82) is 5.26 Å². The van der Waals surface area contributed by atoms with E-state index in [0.717, 1.165) is 10.9 Å². The molecule has 3 nitrogen and oxygen atoms in total. The van der Waals surface area contributed by atoms with Crippen molar-refractivity contribution in [2.75, 3.05) is 18.0 Å². The fourth-order valence-electron chi connectivity index (χ4n) is 2.85. The highest BCUT2D eigenvalue weighted by Gasteiger charge is 2.41. The maximum atomic E-state index is 12.7. The third-order valence-corrected chi connectivity index (χ3v) is 4.08. The summed E-state index contributed by atoms with van der Waals surface area (Å²) in [7, 11) is 0. The molecule has 1 saturated heterocycles. The fourth-order valence-corrected chi connectivity index (χ4v) is 2.85. The molecular weight excluding hydrogens is 291 g/mol. The molecule has 0 spiro atoms. The first kappa shape index (κ1) is 14.6. The van der Waals surface area contributed by atoms with E-state index in [1.807, 2.05) is 24.3 Å². The van der Waals surface area contributed by atoms with Crippen molar-refractivity contribution >= 4 is 16.7 Å². The number of alkyl halides is 3. The normalized spacial score (nSPS) is 16.7. The van der Waals surface area contributed by atoms with E-state index in [1.165, 1.54) is 0 Å². The van der Waals surface area contributed by atoms with Crippen molar-refractivity contribution in [3.05, 3.63) is 35.9 Å². The number of nitriles is 1.